The van der Waals surface area contributed by atoms with E-state index in [0.29, 0.717) is 5.56 Å². The number of rotatable bonds is 13. The monoisotopic (exact) mass is 1010 g/mol. The number of Topliss-reactive ketones (excluding diaryl/α,β-unsaturated/α-hetero) is 1. The number of carbonyl (C=O) groups excluding carboxylic acids is 7. The van der Waals surface area contributed by atoms with Gasteiger partial charge in [-0.3, -0.25) is 14.4 Å². The largest absolute Gasteiger partial charge is 0.455 e. The minimum atomic E-state index is -2.38. The van der Waals surface area contributed by atoms with Crippen molar-refractivity contribution in [2.24, 2.45) is 16.7 Å². The first kappa shape index (κ1) is 54.1. The zero-order valence-electron chi connectivity index (χ0n) is 42.1. The molecule has 3 fully saturated rings. The van der Waals surface area contributed by atoms with Gasteiger partial charge in [0.2, 0.25) is 6.10 Å². The molecule has 7 rings (SSSR count). The van der Waals surface area contributed by atoms with Gasteiger partial charge in [0, 0.05) is 19.8 Å². The molecule has 73 heavy (non-hydrogen) atoms. The van der Waals surface area contributed by atoms with Crippen molar-refractivity contribution in [1.29, 1.82) is 0 Å². The van der Waals surface area contributed by atoms with Gasteiger partial charge in [0.25, 0.3) is 0 Å². The van der Waals surface area contributed by atoms with E-state index in [1.165, 1.54) is 38.1 Å². The molecule has 3 aromatic carbocycles. The Morgan fingerprint density at radius 1 is 0.863 bits per heavy atom. The van der Waals surface area contributed by atoms with Crippen LogP contribution < -0.4 is 10.6 Å². The molecule has 2 bridgehead atoms. The number of fused-ring (bicyclic) bond motifs is 6. The Kier molecular flexibility index (Phi) is 15.6. The zero-order chi connectivity index (χ0) is 53.3. The predicted molar refractivity (Wildman–Crippen MR) is 257 cm³/mol. The Labute approximate surface area is 422 Å². The summed E-state index contributed by atoms with van der Waals surface area (Å²) in [5, 5.41) is 43.3. The maximum atomic E-state index is 15.4. The SMILES string of the molecule is CC(=O)O[C@@]12CO[C@@H]1C[C@H](O)[C@@]1(C)C(=O)[C@H](O)C3=C(C)[C@@H](OC(=O)[C@H](OC(=O)CNC(=O)OCc4ccccc4)[C@@H](NC(=O)OC(C)(C)C)c4ccccc4)C[C@@](O)(CC3(C)C)[C@@H](OC(=O)c3ccccc3)[C@H]21. The van der Waals surface area contributed by atoms with Gasteiger partial charge in [-0.1, -0.05) is 92.7 Å². The topological polar surface area (TPSA) is 269 Å². The van der Waals surface area contributed by atoms with Gasteiger partial charge in [-0.2, -0.15) is 0 Å². The van der Waals surface area contributed by atoms with E-state index < -0.39 is 131 Å². The number of nitrogens with one attached hydrogen (secondary N) is 2. The molecule has 0 spiro atoms. The van der Waals surface area contributed by atoms with Crippen molar-refractivity contribution in [2.45, 2.75) is 141 Å². The van der Waals surface area contributed by atoms with Crippen LogP contribution in [0.2, 0.25) is 0 Å². The second kappa shape index (κ2) is 21.0. The zero-order valence-corrected chi connectivity index (χ0v) is 42.1. The molecule has 11 atom stereocenters. The molecule has 3 aromatic rings. The van der Waals surface area contributed by atoms with E-state index in [9.17, 15) is 39.3 Å². The van der Waals surface area contributed by atoms with Gasteiger partial charge in [-0.25, -0.2) is 19.2 Å². The molecule has 4 aliphatic rings. The lowest BCUT2D eigenvalue weighted by Crippen LogP contribution is -2.79. The van der Waals surface area contributed by atoms with Gasteiger partial charge in [-0.05, 0) is 80.9 Å². The van der Waals surface area contributed by atoms with Gasteiger partial charge in [0.05, 0.1) is 29.6 Å². The van der Waals surface area contributed by atoms with Crippen molar-refractivity contribution in [3.05, 3.63) is 119 Å². The number of alkyl carbamates (subject to hydrolysis) is 2. The highest BCUT2D eigenvalue weighted by atomic mass is 16.6. The fourth-order valence-electron chi connectivity index (χ4n) is 11.1. The van der Waals surface area contributed by atoms with E-state index in [1.807, 2.05) is 0 Å². The Hall–Kier alpha value is -6.67. The van der Waals surface area contributed by atoms with Crippen molar-refractivity contribution in [1.82, 2.24) is 10.6 Å². The summed E-state index contributed by atoms with van der Waals surface area (Å²) in [6.45, 7) is 10.8. The third-order valence-electron chi connectivity index (χ3n) is 14.2. The van der Waals surface area contributed by atoms with Crippen molar-refractivity contribution < 1.29 is 82.0 Å². The molecular weight excluding hydrogens is 949 g/mol. The second-order valence-electron chi connectivity index (χ2n) is 21.1. The molecule has 2 saturated carbocycles. The first-order valence-corrected chi connectivity index (χ1v) is 24.1. The summed E-state index contributed by atoms with van der Waals surface area (Å²) >= 11 is 0. The lowest BCUT2D eigenvalue weighted by atomic mass is 9.50. The summed E-state index contributed by atoms with van der Waals surface area (Å²) in [6, 6.07) is 22.9. The number of carbonyl (C=O) groups is 7. The minimum Gasteiger partial charge on any atom is -0.455 e. The number of ether oxygens (including phenoxy) is 7. The van der Waals surface area contributed by atoms with Gasteiger partial charge in [-0.15, -0.1) is 0 Å². The average molecular weight is 1010 g/mol. The molecule has 1 heterocycles. The van der Waals surface area contributed by atoms with Crippen LogP contribution in [0.15, 0.2) is 102 Å². The number of amides is 2. The number of esters is 4. The first-order chi connectivity index (χ1) is 34.3. The third-order valence-corrected chi connectivity index (χ3v) is 14.2. The highest BCUT2D eigenvalue weighted by Gasteiger charge is 2.76. The van der Waals surface area contributed by atoms with Crippen LogP contribution in [0, 0.1) is 16.7 Å². The van der Waals surface area contributed by atoms with Gasteiger partial charge in [0.15, 0.2) is 11.4 Å². The summed E-state index contributed by atoms with van der Waals surface area (Å²) in [5.74, 6) is -6.82. The minimum absolute atomic E-state index is 0.000189. The number of aliphatic hydroxyl groups excluding tert-OH is 2. The fraction of sp³-hybridized carbons (Fsp3) is 0.500. The van der Waals surface area contributed by atoms with Crippen LogP contribution in [0.1, 0.15) is 102 Å². The van der Waals surface area contributed by atoms with E-state index >= 15 is 9.59 Å². The number of benzene rings is 3. The summed E-state index contributed by atoms with van der Waals surface area (Å²) in [6.07, 6.45) is -13.5. The normalized spacial score (nSPS) is 29.1. The molecule has 3 aliphatic carbocycles. The highest BCUT2D eigenvalue weighted by Crippen LogP contribution is 2.62. The standard InChI is InChI=1S/C54H64N2O17/c1-30-35(69-47(63)42(40(33-20-14-10-15-21-33)56-49(65)73-50(3,4)5)70-38(59)26-55-48(64)67-27-32-18-12-9-13-19-32)25-53(66)28-51(6,7)39(30)41(60)44(61)52(8)36(58)24-37-54(29-68-37,72-31(2)57)43(52)45(53)71-46(62)34-22-16-11-17-23-34/h9-23,35-37,40-43,45,58,60,66H,24-29H2,1-8H3,(H,55,64)(H,56,65)/t35-,36-,37+,40-,41+,42+,43-,45-,52+,53+,54-/m0/s1. The van der Waals surface area contributed by atoms with E-state index in [1.54, 1.807) is 101 Å². The van der Waals surface area contributed by atoms with E-state index in [4.69, 9.17) is 33.2 Å². The molecule has 0 aromatic heterocycles. The molecular formula is C54H64N2O17. The number of hydrogen-bond acceptors (Lipinski definition) is 17. The molecule has 0 radical (unpaired) electrons. The van der Waals surface area contributed by atoms with Crippen LogP contribution in [-0.4, -0.2) is 124 Å². The average Bonchev–Trinajstić information content (AvgIpc) is 3.39. The van der Waals surface area contributed by atoms with Crippen LogP contribution >= 0.6 is 0 Å². The second-order valence-corrected chi connectivity index (χ2v) is 21.1. The van der Waals surface area contributed by atoms with Crippen molar-refractivity contribution >= 4 is 41.8 Å². The Bertz CT molecular complexity index is 2600. The lowest BCUT2D eigenvalue weighted by molar-refractivity contribution is -0.339. The van der Waals surface area contributed by atoms with Crippen molar-refractivity contribution in [3.63, 3.8) is 0 Å². The molecule has 1 saturated heterocycles. The molecule has 0 unspecified atom stereocenters. The molecule has 19 heteroatoms. The number of hydrogen-bond donors (Lipinski definition) is 5. The molecule has 19 nitrogen and oxygen atoms in total. The lowest BCUT2D eigenvalue weighted by Gasteiger charge is -2.64. The van der Waals surface area contributed by atoms with Crippen LogP contribution in [0.5, 0.6) is 0 Å². The quantitative estimate of drug-likeness (QED) is 0.0844. The number of ketones is 1. The summed E-state index contributed by atoms with van der Waals surface area (Å²) in [4.78, 5) is 98.2. The van der Waals surface area contributed by atoms with Crippen LogP contribution in [0.3, 0.4) is 0 Å². The van der Waals surface area contributed by atoms with E-state index in [0.717, 1.165) is 6.92 Å². The van der Waals surface area contributed by atoms with Crippen molar-refractivity contribution in [2.75, 3.05) is 13.2 Å². The first-order valence-electron chi connectivity index (χ1n) is 24.1. The molecule has 392 valence electrons. The van der Waals surface area contributed by atoms with Gasteiger partial charge >= 0.3 is 36.1 Å². The van der Waals surface area contributed by atoms with Crippen LogP contribution in [0.4, 0.5) is 9.59 Å². The van der Waals surface area contributed by atoms with Crippen molar-refractivity contribution in [3.8, 4) is 0 Å². The van der Waals surface area contributed by atoms with Gasteiger partial charge < -0.3 is 59.1 Å². The Morgan fingerprint density at radius 3 is 2.07 bits per heavy atom. The Balaban J connectivity index is 1.33. The molecule has 2 amide bonds. The summed E-state index contributed by atoms with van der Waals surface area (Å²) in [5.41, 5.74) is -7.68. The number of aliphatic hydroxyl groups is 3. The fourth-order valence-corrected chi connectivity index (χ4v) is 11.1. The summed E-state index contributed by atoms with van der Waals surface area (Å²) in [7, 11) is 0. The van der Waals surface area contributed by atoms with Crippen LogP contribution in [0.25, 0.3) is 0 Å². The molecule has 1 aliphatic heterocycles. The maximum Gasteiger partial charge on any atom is 0.408 e. The van der Waals surface area contributed by atoms with Gasteiger partial charge in [0.1, 0.15) is 54.8 Å². The van der Waals surface area contributed by atoms with E-state index in [-0.39, 0.29) is 48.3 Å². The predicted octanol–water partition coefficient (Wildman–Crippen LogP) is 5.13. The third kappa shape index (κ3) is 11.3. The Morgan fingerprint density at radius 2 is 1.48 bits per heavy atom. The van der Waals surface area contributed by atoms with Crippen LogP contribution in [-0.2, 0) is 58.9 Å². The molecule has 5 N–H and O–H groups in total. The maximum absolute atomic E-state index is 15.4. The summed E-state index contributed by atoms with van der Waals surface area (Å²) < 4.78 is 41.3. The smallest absolute Gasteiger partial charge is 0.408 e. The highest BCUT2D eigenvalue weighted by molar-refractivity contribution is 5.94. The van der Waals surface area contributed by atoms with E-state index in [2.05, 4.69) is 10.6 Å².